The maximum Gasteiger partial charge on any atom is 0.135 e. The molecule has 0 N–H and O–H groups in total. The molecule has 0 amide bonds. The summed E-state index contributed by atoms with van der Waals surface area (Å²) in [6, 6.07) is 91.8. The maximum absolute atomic E-state index is 6.43. The number of hydrogen-bond donors (Lipinski definition) is 0. The summed E-state index contributed by atoms with van der Waals surface area (Å²) in [5.74, 6) is 0.0871. The highest BCUT2D eigenvalue weighted by atomic mass is 32.1. The molecule has 1 aliphatic carbocycles. The van der Waals surface area contributed by atoms with E-state index in [-0.39, 0.29) is 12.0 Å². The number of thiophene rings is 1. The van der Waals surface area contributed by atoms with Crippen LogP contribution in [0.2, 0.25) is 0 Å². The molecule has 0 saturated heterocycles. The molecule has 2 unspecified atom stereocenters. The standard InChI is InChI=1S/C72H46N2OS/c1-5-17-45(18-6-1)49-29-33-65-59(37-49)61-41-55(47-21-9-3-10-22-47)57(43-67(61)73(65)51-31-35-70-63(39-51)53-25-13-15-27-69(53)75-70)58-44-68-62(42-56(58)48-23-11-4-12-24-48)60-38-50(46-19-7-2-8-20-46)30-34-66(60)74(68)52-32-36-72-64(40-52)54-26-14-16-28-71(54)76-72/h1-44,59,65H. The molecule has 16 rings (SSSR count). The molecule has 356 valence electrons. The summed E-state index contributed by atoms with van der Waals surface area (Å²) >= 11 is 1.86. The molecular formula is C72H46N2OS. The molecule has 0 bridgehead atoms. The lowest BCUT2D eigenvalue weighted by Crippen LogP contribution is -2.28. The topological polar surface area (TPSA) is 21.3 Å². The monoisotopic (exact) mass is 986 g/mol. The fourth-order valence-corrected chi connectivity index (χ4v) is 13.7. The number of para-hydroxylation sites is 1. The van der Waals surface area contributed by atoms with Crippen LogP contribution in [0.1, 0.15) is 17.0 Å². The first kappa shape index (κ1) is 43.0. The van der Waals surface area contributed by atoms with Gasteiger partial charge in [-0.2, -0.15) is 0 Å². The largest absolute Gasteiger partial charge is 0.456 e. The summed E-state index contributed by atoms with van der Waals surface area (Å²) in [7, 11) is 0. The van der Waals surface area contributed by atoms with Crippen molar-refractivity contribution in [3.63, 3.8) is 0 Å². The zero-order valence-electron chi connectivity index (χ0n) is 41.3. The second-order valence-electron chi connectivity index (χ2n) is 20.3. The molecule has 3 nitrogen and oxygen atoms in total. The Bertz CT molecular complexity index is 4700. The number of rotatable bonds is 7. The minimum Gasteiger partial charge on any atom is -0.456 e. The van der Waals surface area contributed by atoms with E-state index in [9.17, 15) is 0 Å². The number of allylic oxidation sites excluding steroid dienone is 2. The third kappa shape index (κ3) is 6.74. The lowest BCUT2D eigenvalue weighted by Gasteiger charge is -2.30. The van der Waals surface area contributed by atoms with E-state index in [1.807, 2.05) is 11.3 Å². The summed E-state index contributed by atoms with van der Waals surface area (Å²) in [6.45, 7) is 0. The van der Waals surface area contributed by atoms with Crippen molar-refractivity contribution < 1.29 is 4.42 Å². The van der Waals surface area contributed by atoms with Crippen molar-refractivity contribution in [2.75, 3.05) is 4.90 Å². The summed E-state index contributed by atoms with van der Waals surface area (Å²) in [4.78, 5) is 2.59. The smallest absolute Gasteiger partial charge is 0.135 e. The third-order valence-corrected chi connectivity index (χ3v) is 17.3. The van der Waals surface area contributed by atoms with Crippen molar-refractivity contribution in [1.29, 1.82) is 0 Å². The number of aromatic nitrogens is 1. The van der Waals surface area contributed by atoms with Gasteiger partial charge in [-0.05, 0) is 146 Å². The average molecular weight is 987 g/mol. The Balaban J connectivity index is 0.999. The van der Waals surface area contributed by atoms with Gasteiger partial charge in [0.1, 0.15) is 11.2 Å². The Kier molecular flexibility index (Phi) is 9.63. The molecule has 0 fully saturated rings. The molecule has 0 radical (unpaired) electrons. The third-order valence-electron chi connectivity index (χ3n) is 16.1. The van der Waals surface area contributed by atoms with Crippen LogP contribution in [0.3, 0.4) is 0 Å². The molecule has 76 heavy (non-hydrogen) atoms. The van der Waals surface area contributed by atoms with Crippen LogP contribution < -0.4 is 4.90 Å². The van der Waals surface area contributed by atoms with Crippen molar-refractivity contribution in [3.8, 4) is 50.2 Å². The number of furan rings is 1. The Hall–Kier alpha value is -9.48. The normalized spacial score (nSPS) is 15.1. The number of benzene rings is 11. The molecule has 3 aromatic heterocycles. The first-order chi connectivity index (χ1) is 37.7. The van der Waals surface area contributed by atoms with Crippen LogP contribution in [-0.2, 0) is 0 Å². The van der Waals surface area contributed by atoms with Crippen LogP contribution in [0.15, 0.2) is 271 Å². The van der Waals surface area contributed by atoms with Crippen molar-refractivity contribution in [1.82, 2.24) is 4.57 Å². The maximum atomic E-state index is 6.43. The zero-order valence-corrected chi connectivity index (χ0v) is 42.1. The molecule has 0 saturated carbocycles. The van der Waals surface area contributed by atoms with E-state index >= 15 is 0 Å². The number of fused-ring (bicyclic) bond motifs is 12. The van der Waals surface area contributed by atoms with Gasteiger partial charge in [-0.3, -0.25) is 0 Å². The van der Waals surface area contributed by atoms with Crippen molar-refractivity contribution >= 4 is 92.2 Å². The number of anilines is 2. The number of nitrogens with zero attached hydrogens (tertiary/aromatic N) is 2. The van der Waals surface area contributed by atoms with E-state index < -0.39 is 0 Å². The summed E-state index contributed by atoms with van der Waals surface area (Å²) < 4.78 is 11.5. The van der Waals surface area contributed by atoms with E-state index in [4.69, 9.17) is 4.42 Å². The SMILES string of the molecule is C1=CC2C(C=C1c1ccccc1)c1cc(-c3ccccc3)c(-c3cc4c(cc3-c3ccccc3)c3cc(-c5ccccc5)ccc3n4-c3ccc4sc5ccccc5c4c3)cc1N2c1ccc2oc3ccccc3c2c1. The highest BCUT2D eigenvalue weighted by Crippen LogP contribution is 2.55. The minimum atomic E-state index is 0.0393. The molecule has 14 aromatic rings. The van der Waals surface area contributed by atoms with Crippen LogP contribution in [0.4, 0.5) is 11.4 Å². The van der Waals surface area contributed by atoms with Gasteiger partial charge in [-0.1, -0.05) is 182 Å². The van der Waals surface area contributed by atoms with Gasteiger partial charge in [0.15, 0.2) is 0 Å². The molecule has 0 spiro atoms. The van der Waals surface area contributed by atoms with Crippen molar-refractivity contribution in [2.24, 2.45) is 0 Å². The van der Waals surface area contributed by atoms with Crippen molar-refractivity contribution in [3.05, 3.63) is 278 Å². The van der Waals surface area contributed by atoms with E-state index in [1.165, 1.54) is 103 Å². The lowest BCUT2D eigenvalue weighted by atomic mass is 9.83. The Morgan fingerprint density at radius 1 is 0.368 bits per heavy atom. The van der Waals surface area contributed by atoms with Gasteiger partial charge in [0, 0.05) is 64.7 Å². The summed E-state index contributed by atoms with van der Waals surface area (Å²) in [6.07, 6.45) is 7.28. The van der Waals surface area contributed by atoms with Crippen molar-refractivity contribution in [2.45, 2.75) is 12.0 Å². The average Bonchev–Trinajstić information content (AvgIpc) is 4.33. The van der Waals surface area contributed by atoms with Crippen LogP contribution in [0.5, 0.6) is 0 Å². The van der Waals surface area contributed by atoms with Gasteiger partial charge < -0.3 is 13.9 Å². The van der Waals surface area contributed by atoms with Crippen LogP contribution in [-0.4, -0.2) is 10.6 Å². The molecule has 2 atom stereocenters. The van der Waals surface area contributed by atoms with E-state index in [0.29, 0.717) is 0 Å². The van der Waals surface area contributed by atoms with Gasteiger partial charge >= 0.3 is 0 Å². The lowest BCUT2D eigenvalue weighted by molar-refractivity contribution is 0.669. The molecular weight excluding hydrogens is 941 g/mol. The van der Waals surface area contributed by atoms with Crippen LogP contribution in [0, 0.1) is 0 Å². The summed E-state index contributed by atoms with van der Waals surface area (Å²) in [5.41, 5.74) is 20.9. The quantitative estimate of drug-likeness (QED) is 0.159. The number of hydrogen-bond acceptors (Lipinski definition) is 3. The Morgan fingerprint density at radius 3 is 1.75 bits per heavy atom. The predicted octanol–water partition coefficient (Wildman–Crippen LogP) is 20.0. The molecule has 4 heterocycles. The molecule has 11 aromatic carbocycles. The van der Waals surface area contributed by atoms with Gasteiger partial charge in [0.05, 0.1) is 17.1 Å². The minimum absolute atomic E-state index is 0.0393. The van der Waals surface area contributed by atoms with Gasteiger partial charge in [0.2, 0.25) is 0 Å². The Labute approximate surface area is 443 Å². The molecule has 2 aliphatic rings. The van der Waals surface area contributed by atoms with Crippen LogP contribution >= 0.6 is 11.3 Å². The molecule has 1 aliphatic heterocycles. The summed E-state index contributed by atoms with van der Waals surface area (Å²) in [5, 5.41) is 7.25. The first-order valence-electron chi connectivity index (χ1n) is 26.2. The second kappa shape index (κ2) is 17.0. The van der Waals surface area contributed by atoms with Gasteiger partial charge in [-0.25, -0.2) is 0 Å². The van der Waals surface area contributed by atoms with Gasteiger partial charge in [-0.15, -0.1) is 11.3 Å². The fraction of sp³-hybridized carbons (Fsp3) is 0.0278. The van der Waals surface area contributed by atoms with E-state index in [1.54, 1.807) is 0 Å². The van der Waals surface area contributed by atoms with E-state index in [0.717, 1.165) is 38.8 Å². The second-order valence-corrected chi connectivity index (χ2v) is 21.4. The van der Waals surface area contributed by atoms with Crippen LogP contribution in [0.25, 0.3) is 120 Å². The Morgan fingerprint density at radius 2 is 0.974 bits per heavy atom. The predicted molar refractivity (Wildman–Crippen MR) is 321 cm³/mol. The molecule has 4 heteroatoms. The van der Waals surface area contributed by atoms with E-state index in [2.05, 4.69) is 276 Å². The highest BCUT2D eigenvalue weighted by molar-refractivity contribution is 7.25. The zero-order chi connectivity index (χ0) is 49.8. The highest BCUT2D eigenvalue weighted by Gasteiger charge is 2.40. The first-order valence-corrected chi connectivity index (χ1v) is 27.0. The fourth-order valence-electron chi connectivity index (χ4n) is 12.6. The van der Waals surface area contributed by atoms with Gasteiger partial charge in [0.25, 0.3) is 0 Å².